The van der Waals surface area contributed by atoms with Crippen molar-refractivity contribution in [2.75, 3.05) is 0 Å². The van der Waals surface area contributed by atoms with Crippen molar-refractivity contribution in [2.45, 2.75) is 118 Å². The van der Waals surface area contributed by atoms with Crippen molar-refractivity contribution < 1.29 is 20.1 Å². The topological polar surface area (TPSA) is 77.8 Å². The monoisotopic (exact) mass is 472 g/mol. The normalized spacial score (nSPS) is 53.4. The highest BCUT2D eigenvalue weighted by Crippen LogP contribution is 2.75. The summed E-state index contributed by atoms with van der Waals surface area (Å²) in [6, 6.07) is 0. The van der Waals surface area contributed by atoms with Crippen molar-refractivity contribution in [2.24, 2.45) is 50.2 Å². The van der Waals surface area contributed by atoms with Gasteiger partial charge in [-0.3, -0.25) is 4.79 Å². The zero-order chi connectivity index (χ0) is 25.1. The van der Waals surface area contributed by atoms with E-state index in [9.17, 15) is 20.1 Å². The number of aliphatic carboxylic acids is 1. The van der Waals surface area contributed by atoms with Crippen LogP contribution in [-0.4, -0.2) is 33.5 Å². The molecule has 0 unspecified atom stereocenters. The Morgan fingerprint density at radius 1 is 0.912 bits per heavy atom. The molecule has 3 N–H and O–H groups in total. The summed E-state index contributed by atoms with van der Waals surface area (Å²) in [5.41, 5.74) is 0.421. The molecule has 0 saturated heterocycles. The quantitative estimate of drug-likeness (QED) is 0.397. The van der Waals surface area contributed by atoms with E-state index in [1.807, 2.05) is 0 Å². The van der Waals surface area contributed by atoms with Gasteiger partial charge in [-0.15, -0.1) is 0 Å². The molecule has 34 heavy (non-hydrogen) atoms. The number of hydrogen-bond acceptors (Lipinski definition) is 3. The van der Waals surface area contributed by atoms with E-state index in [0.717, 1.165) is 57.8 Å². The van der Waals surface area contributed by atoms with E-state index in [0.29, 0.717) is 5.92 Å². The first kappa shape index (κ1) is 24.8. The third-order valence-corrected chi connectivity index (χ3v) is 12.9. The van der Waals surface area contributed by atoms with Crippen LogP contribution in [0.5, 0.6) is 0 Å². The van der Waals surface area contributed by atoms with Gasteiger partial charge in [0.15, 0.2) is 0 Å². The average molecular weight is 473 g/mol. The molecular formula is C30H48O4. The Morgan fingerprint density at radius 2 is 1.56 bits per heavy atom. The molecule has 0 aromatic rings. The number of aliphatic hydroxyl groups is 2. The van der Waals surface area contributed by atoms with Crippen LogP contribution in [0.1, 0.15) is 106 Å². The van der Waals surface area contributed by atoms with E-state index >= 15 is 0 Å². The molecule has 4 fully saturated rings. The zero-order valence-electron chi connectivity index (χ0n) is 22.6. The highest BCUT2D eigenvalue weighted by atomic mass is 16.4. The summed E-state index contributed by atoms with van der Waals surface area (Å²) >= 11 is 0. The minimum Gasteiger partial charge on any atom is -0.481 e. The van der Waals surface area contributed by atoms with E-state index < -0.39 is 17.5 Å². The summed E-state index contributed by atoms with van der Waals surface area (Å²) in [5, 5.41) is 33.1. The van der Waals surface area contributed by atoms with E-state index in [4.69, 9.17) is 0 Å². The lowest BCUT2D eigenvalue weighted by Gasteiger charge is -2.72. The van der Waals surface area contributed by atoms with Crippen molar-refractivity contribution in [1.29, 1.82) is 0 Å². The molecule has 4 nitrogen and oxygen atoms in total. The fraction of sp³-hybridized carbons (Fsp3) is 0.900. The predicted octanol–water partition coefficient (Wildman–Crippen LogP) is 6.20. The number of rotatable bonds is 1. The predicted molar refractivity (Wildman–Crippen MR) is 134 cm³/mol. The number of allylic oxidation sites excluding steroid dienone is 2. The van der Waals surface area contributed by atoms with Gasteiger partial charge in [0.05, 0.1) is 17.6 Å². The molecule has 192 valence electrons. The average Bonchev–Trinajstić information content (AvgIpc) is 2.70. The van der Waals surface area contributed by atoms with Gasteiger partial charge in [0, 0.05) is 0 Å². The van der Waals surface area contributed by atoms with Crippen LogP contribution in [0.15, 0.2) is 11.6 Å². The SMILES string of the molecule is CC1(C)CC[C@]2(C(=O)O)CC[C@]3(C)C(=CC[C@@H]4[C@@]5(C)CC[C@H](O)C(C)(C)[C@@H]5[C@@H](O)C[C@]43C)[C@@H]2C1. The van der Waals surface area contributed by atoms with Gasteiger partial charge in [-0.2, -0.15) is 0 Å². The maximum atomic E-state index is 12.8. The lowest BCUT2D eigenvalue weighted by atomic mass is 9.33. The van der Waals surface area contributed by atoms with Crippen LogP contribution in [0.3, 0.4) is 0 Å². The van der Waals surface area contributed by atoms with Crippen molar-refractivity contribution in [3.63, 3.8) is 0 Å². The number of carboxylic acid groups (broad SMARTS) is 1. The summed E-state index contributed by atoms with van der Waals surface area (Å²) in [6.45, 7) is 16.2. The summed E-state index contributed by atoms with van der Waals surface area (Å²) in [6.07, 6.45) is 9.49. The second kappa shape index (κ2) is 7.12. The second-order valence-corrected chi connectivity index (χ2v) is 15.2. The highest BCUT2D eigenvalue weighted by molar-refractivity contribution is 5.76. The third kappa shape index (κ3) is 2.88. The number of aliphatic hydroxyl groups excluding tert-OH is 2. The smallest absolute Gasteiger partial charge is 0.310 e. The first-order valence-corrected chi connectivity index (χ1v) is 13.9. The fourth-order valence-electron chi connectivity index (χ4n) is 10.8. The molecule has 0 bridgehead atoms. The minimum atomic E-state index is -0.624. The van der Waals surface area contributed by atoms with Crippen LogP contribution in [0.25, 0.3) is 0 Å². The minimum absolute atomic E-state index is 0.0344. The number of carbonyl (C=O) groups is 1. The maximum absolute atomic E-state index is 12.8. The molecule has 4 saturated carbocycles. The molecule has 0 aliphatic heterocycles. The van der Waals surface area contributed by atoms with Gasteiger partial charge in [-0.1, -0.05) is 60.1 Å². The van der Waals surface area contributed by atoms with Crippen molar-refractivity contribution in [3.05, 3.63) is 11.6 Å². The molecule has 0 radical (unpaired) electrons. The first-order chi connectivity index (χ1) is 15.6. The molecule has 5 rings (SSSR count). The summed E-state index contributed by atoms with van der Waals surface area (Å²) in [7, 11) is 0. The van der Waals surface area contributed by atoms with Crippen LogP contribution in [0, 0.1) is 50.2 Å². The number of hydrogen-bond donors (Lipinski definition) is 3. The van der Waals surface area contributed by atoms with Gasteiger partial charge >= 0.3 is 5.97 Å². The van der Waals surface area contributed by atoms with Crippen LogP contribution in [0.4, 0.5) is 0 Å². The van der Waals surface area contributed by atoms with Crippen molar-refractivity contribution >= 4 is 5.97 Å². The van der Waals surface area contributed by atoms with Gasteiger partial charge in [0.2, 0.25) is 0 Å². The van der Waals surface area contributed by atoms with Gasteiger partial charge in [0.1, 0.15) is 0 Å². The molecule has 5 aliphatic rings. The molecular weight excluding hydrogens is 424 g/mol. The Bertz CT molecular complexity index is 919. The fourth-order valence-corrected chi connectivity index (χ4v) is 10.8. The third-order valence-electron chi connectivity index (χ3n) is 12.9. The zero-order valence-corrected chi connectivity index (χ0v) is 22.6. The maximum Gasteiger partial charge on any atom is 0.310 e. The lowest BCUT2D eigenvalue weighted by molar-refractivity contribution is -0.242. The highest BCUT2D eigenvalue weighted by Gasteiger charge is 2.70. The number of carboxylic acids is 1. The second-order valence-electron chi connectivity index (χ2n) is 15.2. The van der Waals surface area contributed by atoms with E-state index in [2.05, 4.69) is 54.5 Å². The molecule has 4 heteroatoms. The molecule has 5 aliphatic carbocycles. The van der Waals surface area contributed by atoms with Crippen molar-refractivity contribution in [3.8, 4) is 0 Å². The van der Waals surface area contributed by atoms with Crippen LogP contribution in [-0.2, 0) is 4.79 Å². The van der Waals surface area contributed by atoms with Gasteiger partial charge in [-0.25, -0.2) is 0 Å². The molecule has 0 aromatic heterocycles. The molecule has 0 heterocycles. The van der Waals surface area contributed by atoms with Gasteiger partial charge in [0.25, 0.3) is 0 Å². The summed E-state index contributed by atoms with van der Waals surface area (Å²) in [5.74, 6) is 0.0121. The number of fused-ring (bicyclic) bond motifs is 7. The van der Waals surface area contributed by atoms with Crippen molar-refractivity contribution in [1.82, 2.24) is 0 Å². The lowest BCUT2D eigenvalue weighted by Crippen LogP contribution is -2.68. The van der Waals surface area contributed by atoms with Gasteiger partial charge < -0.3 is 15.3 Å². The Kier molecular flexibility index (Phi) is 5.20. The van der Waals surface area contributed by atoms with Crippen LogP contribution >= 0.6 is 0 Å². The van der Waals surface area contributed by atoms with E-state index in [1.165, 1.54) is 5.57 Å². The Morgan fingerprint density at radius 3 is 2.21 bits per heavy atom. The molecule has 0 spiro atoms. The first-order valence-electron chi connectivity index (χ1n) is 13.9. The molecule has 9 atom stereocenters. The van der Waals surface area contributed by atoms with Gasteiger partial charge in [-0.05, 0) is 103 Å². The molecule has 0 amide bonds. The molecule has 0 aromatic carbocycles. The summed E-state index contributed by atoms with van der Waals surface area (Å²) < 4.78 is 0. The van der Waals surface area contributed by atoms with E-state index in [-0.39, 0.29) is 45.0 Å². The Labute approximate surface area is 206 Å². The Hall–Kier alpha value is -0.870. The van der Waals surface area contributed by atoms with E-state index in [1.54, 1.807) is 0 Å². The Balaban J connectivity index is 1.63. The van der Waals surface area contributed by atoms with Crippen LogP contribution < -0.4 is 0 Å². The standard InChI is InChI=1S/C30H48O4/c1-25(2)12-14-30(24(33)34)15-13-28(6)18(19(30)16-25)8-9-21-27(5)11-10-22(32)26(3,4)23(27)20(31)17-29(21,28)7/h8,19-23,31-32H,9-17H2,1-7H3,(H,33,34)/t19-,20-,21+,22-,23-,27+,28+,29+,30-/m0/s1. The van der Waals surface area contributed by atoms with Crippen LogP contribution in [0.2, 0.25) is 0 Å². The summed E-state index contributed by atoms with van der Waals surface area (Å²) in [4.78, 5) is 12.8. The largest absolute Gasteiger partial charge is 0.481 e.